The third-order valence-corrected chi connectivity index (χ3v) is 3.99. The van der Waals surface area contributed by atoms with E-state index in [2.05, 4.69) is 12.2 Å². The average Bonchev–Trinajstić information content (AvgIpc) is 2.53. The molecule has 1 N–H and O–H groups in total. The maximum Gasteiger partial charge on any atom is 0.446 e. The summed E-state index contributed by atoms with van der Waals surface area (Å²) < 4.78 is 43.0. The van der Waals surface area contributed by atoms with E-state index >= 15 is 0 Å². The minimum atomic E-state index is -4.27. The number of halogens is 3. The van der Waals surface area contributed by atoms with Gasteiger partial charge in [-0.1, -0.05) is 13.0 Å². The van der Waals surface area contributed by atoms with Gasteiger partial charge in [0.05, 0.1) is 0 Å². The molecule has 6 heteroatoms. The summed E-state index contributed by atoms with van der Waals surface area (Å²) in [5.74, 6) is 0.856. The highest BCUT2D eigenvalue weighted by atomic mass is 32.2. The number of benzene rings is 1. The molecule has 20 heavy (non-hydrogen) atoms. The molecule has 0 aromatic heterocycles. The molecular formula is C14H18F3NOS. The van der Waals surface area contributed by atoms with E-state index in [0.29, 0.717) is 11.7 Å². The van der Waals surface area contributed by atoms with Crippen LogP contribution in [0, 0.1) is 5.92 Å². The lowest BCUT2D eigenvalue weighted by Crippen LogP contribution is -2.29. The van der Waals surface area contributed by atoms with Crippen LogP contribution in [0.4, 0.5) is 13.2 Å². The number of hydrogen-bond acceptors (Lipinski definition) is 3. The van der Waals surface area contributed by atoms with E-state index in [1.165, 1.54) is 12.1 Å². The number of alkyl halides is 3. The lowest BCUT2D eigenvalue weighted by atomic mass is 10.0. The van der Waals surface area contributed by atoms with E-state index in [0.717, 1.165) is 25.9 Å². The zero-order chi connectivity index (χ0) is 14.6. The summed E-state index contributed by atoms with van der Waals surface area (Å²) in [6.07, 6.45) is 1.99. The average molecular weight is 305 g/mol. The molecule has 2 nitrogen and oxygen atoms in total. The van der Waals surface area contributed by atoms with Gasteiger partial charge in [0.15, 0.2) is 0 Å². The van der Waals surface area contributed by atoms with Gasteiger partial charge in [-0.2, -0.15) is 13.2 Å². The van der Waals surface area contributed by atoms with E-state index in [4.69, 9.17) is 4.74 Å². The molecular weight excluding hydrogens is 287 g/mol. The second-order valence-electron chi connectivity index (χ2n) is 5.00. The van der Waals surface area contributed by atoms with Gasteiger partial charge in [0.2, 0.25) is 0 Å². The molecule has 0 amide bonds. The Hall–Kier alpha value is -0.880. The van der Waals surface area contributed by atoms with Crippen molar-refractivity contribution in [2.24, 2.45) is 5.92 Å². The van der Waals surface area contributed by atoms with Crippen LogP contribution in [0.5, 0.6) is 5.75 Å². The van der Waals surface area contributed by atoms with Gasteiger partial charge < -0.3 is 10.1 Å². The molecule has 1 aromatic carbocycles. The number of nitrogens with one attached hydrogen (secondary N) is 1. The zero-order valence-electron chi connectivity index (χ0n) is 11.2. The smallest absolute Gasteiger partial charge is 0.446 e. The first-order valence-electron chi connectivity index (χ1n) is 6.67. The monoisotopic (exact) mass is 305 g/mol. The van der Waals surface area contributed by atoms with Crippen molar-refractivity contribution in [3.8, 4) is 5.75 Å². The third-order valence-electron chi connectivity index (χ3n) is 3.27. The number of hydrogen-bond donors (Lipinski definition) is 1. The Labute approximate surface area is 121 Å². The van der Waals surface area contributed by atoms with E-state index in [1.54, 1.807) is 12.1 Å². The van der Waals surface area contributed by atoms with Gasteiger partial charge in [0, 0.05) is 17.4 Å². The molecule has 0 spiro atoms. The highest BCUT2D eigenvalue weighted by Crippen LogP contribution is 2.38. The van der Waals surface area contributed by atoms with Crippen LogP contribution in [-0.2, 0) is 0 Å². The fourth-order valence-corrected chi connectivity index (χ4v) is 2.86. The minimum Gasteiger partial charge on any atom is -0.490 e. The standard InChI is InChI=1S/C14H18F3NOS/c1-10-9-18-7-3-6-13(10)19-11-4-2-5-12(8-11)20-14(15,16)17/h2,4-5,8,10,13,18H,3,6-7,9H2,1H3. The third kappa shape index (κ3) is 4.90. The Morgan fingerprint density at radius 3 is 2.90 bits per heavy atom. The van der Waals surface area contributed by atoms with Crippen LogP contribution in [0.1, 0.15) is 19.8 Å². The van der Waals surface area contributed by atoms with Gasteiger partial charge in [-0.3, -0.25) is 0 Å². The Bertz CT molecular complexity index is 439. The van der Waals surface area contributed by atoms with E-state index in [-0.39, 0.29) is 22.8 Å². The van der Waals surface area contributed by atoms with Crippen molar-refractivity contribution in [1.29, 1.82) is 0 Å². The highest BCUT2D eigenvalue weighted by Gasteiger charge is 2.29. The topological polar surface area (TPSA) is 21.3 Å². The molecule has 2 rings (SSSR count). The summed E-state index contributed by atoms with van der Waals surface area (Å²) in [4.78, 5) is 0.161. The number of rotatable bonds is 3. The van der Waals surface area contributed by atoms with Crippen molar-refractivity contribution in [3.63, 3.8) is 0 Å². The predicted octanol–water partition coefficient (Wildman–Crippen LogP) is 4.07. The molecule has 1 saturated heterocycles. The first-order chi connectivity index (χ1) is 9.44. The van der Waals surface area contributed by atoms with Gasteiger partial charge >= 0.3 is 5.51 Å². The maximum atomic E-state index is 12.4. The summed E-state index contributed by atoms with van der Waals surface area (Å²) in [7, 11) is 0. The Morgan fingerprint density at radius 1 is 1.35 bits per heavy atom. The normalized spacial score (nSPS) is 24.2. The fourth-order valence-electron chi connectivity index (χ4n) is 2.27. The maximum absolute atomic E-state index is 12.4. The Kier molecular flexibility index (Phi) is 5.21. The van der Waals surface area contributed by atoms with Gasteiger partial charge in [-0.25, -0.2) is 0 Å². The van der Waals surface area contributed by atoms with Crippen LogP contribution < -0.4 is 10.1 Å². The van der Waals surface area contributed by atoms with Gasteiger partial charge in [0.25, 0.3) is 0 Å². The molecule has 1 aromatic rings. The van der Waals surface area contributed by atoms with Gasteiger partial charge in [0.1, 0.15) is 11.9 Å². The van der Waals surface area contributed by atoms with Crippen molar-refractivity contribution in [1.82, 2.24) is 5.32 Å². The first-order valence-corrected chi connectivity index (χ1v) is 7.49. The van der Waals surface area contributed by atoms with Crippen LogP contribution in [0.3, 0.4) is 0 Å². The van der Waals surface area contributed by atoms with Gasteiger partial charge in [-0.15, -0.1) is 0 Å². The minimum absolute atomic E-state index is 0.0520. The molecule has 0 aliphatic carbocycles. The second-order valence-corrected chi connectivity index (χ2v) is 6.14. The summed E-state index contributed by atoms with van der Waals surface area (Å²) in [5, 5.41) is 3.32. The largest absolute Gasteiger partial charge is 0.490 e. The van der Waals surface area contributed by atoms with Crippen LogP contribution in [0.25, 0.3) is 0 Å². The number of ether oxygens (including phenoxy) is 1. The summed E-state index contributed by atoms with van der Waals surface area (Å²) in [6, 6.07) is 6.22. The molecule has 1 heterocycles. The molecule has 112 valence electrons. The summed E-state index contributed by atoms with van der Waals surface area (Å²) >= 11 is -0.110. The van der Waals surface area contributed by atoms with Crippen molar-refractivity contribution in [2.45, 2.75) is 36.3 Å². The van der Waals surface area contributed by atoms with Gasteiger partial charge in [-0.05, 0) is 49.3 Å². The summed E-state index contributed by atoms with van der Waals surface area (Å²) in [5.41, 5.74) is -4.27. The predicted molar refractivity (Wildman–Crippen MR) is 74.0 cm³/mol. The van der Waals surface area contributed by atoms with Crippen molar-refractivity contribution in [3.05, 3.63) is 24.3 Å². The van der Waals surface area contributed by atoms with E-state index < -0.39 is 5.51 Å². The molecule has 2 unspecified atom stereocenters. The molecule has 0 radical (unpaired) electrons. The lowest BCUT2D eigenvalue weighted by molar-refractivity contribution is -0.0328. The van der Waals surface area contributed by atoms with Crippen LogP contribution >= 0.6 is 11.8 Å². The van der Waals surface area contributed by atoms with Crippen LogP contribution in [0.2, 0.25) is 0 Å². The second kappa shape index (κ2) is 6.72. The van der Waals surface area contributed by atoms with E-state index in [1.807, 2.05) is 0 Å². The van der Waals surface area contributed by atoms with Crippen molar-refractivity contribution in [2.75, 3.05) is 13.1 Å². The molecule has 1 fully saturated rings. The highest BCUT2D eigenvalue weighted by molar-refractivity contribution is 8.00. The zero-order valence-corrected chi connectivity index (χ0v) is 12.1. The fraction of sp³-hybridized carbons (Fsp3) is 0.571. The number of thioether (sulfide) groups is 1. The molecule has 0 bridgehead atoms. The Morgan fingerprint density at radius 2 is 2.15 bits per heavy atom. The SMILES string of the molecule is CC1CNCCCC1Oc1cccc(SC(F)(F)F)c1. The molecule has 2 atom stereocenters. The molecule has 1 aliphatic heterocycles. The van der Waals surface area contributed by atoms with Crippen molar-refractivity contribution < 1.29 is 17.9 Å². The van der Waals surface area contributed by atoms with Crippen LogP contribution in [-0.4, -0.2) is 24.7 Å². The molecule has 0 saturated carbocycles. The molecule has 1 aliphatic rings. The first kappa shape index (κ1) is 15.5. The van der Waals surface area contributed by atoms with Crippen LogP contribution in [0.15, 0.2) is 29.2 Å². The van der Waals surface area contributed by atoms with Crippen molar-refractivity contribution >= 4 is 11.8 Å². The Balaban J connectivity index is 2.03. The quantitative estimate of drug-likeness (QED) is 0.851. The summed E-state index contributed by atoms with van der Waals surface area (Å²) in [6.45, 7) is 3.94. The lowest BCUT2D eigenvalue weighted by Gasteiger charge is -2.23. The van der Waals surface area contributed by atoms with E-state index in [9.17, 15) is 13.2 Å².